The molecule has 0 aliphatic heterocycles. The molecule has 3 heteroatoms. The molecule has 102 valence electrons. The molecule has 0 fully saturated rings. The molecule has 1 unspecified atom stereocenters. The van der Waals surface area contributed by atoms with Crippen LogP contribution < -0.4 is 5.32 Å². The van der Waals surface area contributed by atoms with Gasteiger partial charge in [0.25, 0.3) is 0 Å². The molecule has 2 aromatic rings. The van der Waals surface area contributed by atoms with Gasteiger partial charge in [0.15, 0.2) is 0 Å². The molecule has 1 aromatic heterocycles. The van der Waals surface area contributed by atoms with Crippen LogP contribution in [0.3, 0.4) is 0 Å². The Labute approximate surface area is 118 Å². The smallest absolute Gasteiger partial charge is 0.123 e. The third-order valence-corrected chi connectivity index (χ3v) is 4.26. The number of benzene rings is 1. The lowest BCUT2D eigenvalue weighted by atomic mass is 9.99. The van der Waals surface area contributed by atoms with Crippen LogP contribution >= 0.6 is 11.3 Å². The summed E-state index contributed by atoms with van der Waals surface area (Å²) < 4.78 is 13.5. The first kappa shape index (κ1) is 14.2. The average Bonchev–Trinajstić information content (AvgIpc) is 2.80. The minimum Gasteiger partial charge on any atom is -0.306 e. The number of rotatable bonds is 5. The molecule has 0 aliphatic rings. The van der Waals surface area contributed by atoms with Crippen molar-refractivity contribution in [2.75, 3.05) is 6.54 Å². The van der Waals surface area contributed by atoms with Gasteiger partial charge >= 0.3 is 0 Å². The van der Waals surface area contributed by atoms with Crippen molar-refractivity contribution in [3.63, 3.8) is 0 Å². The van der Waals surface area contributed by atoms with Gasteiger partial charge in [0, 0.05) is 9.75 Å². The average molecular weight is 277 g/mol. The van der Waals surface area contributed by atoms with Gasteiger partial charge in [-0.1, -0.05) is 13.0 Å². The van der Waals surface area contributed by atoms with E-state index in [-0.39, 0.29) is 11.9 Å². The molecule has 19 heavy (non-hydrogen) atoms. The summed E-state index contributed by atoms with van der Waals surface area (Å²) in [4.78, 5) is 2.53. The zero-order valence-electron chi connectivity index (χ0n) is 11.7. The van der Waals surface area contributed by atoms with Gasteiger partial charge in [-0.05, 0) is 62.2 Å². The van der Waals surface area contributed by atoms with E-state index in [2.05, 4.69) is 31.3 Å². The molecule has 1 nitrogen and oxygen atoms in total. The molecule has 1 aromatic carbocycles. The largest absolute Gasteiger partial charge is 0.306 e. The Bertz CT molecular complexity index is 547. The number of hydrogen-bond acceptors (Lipinski definition) is 2. The van der Waals surface area contributed by atoms with Crippen molar-refractivity contribution >= 4 is 11.3 Å². The van der Waals surface area contributed by atoms with Gasteiger partial charge < -0.3 is 5.32 Å². The monoisotopic (exact) mass is 277 g/mol. The molecule has 1 heterocycles. The maximum absolute atomic E-state index is 13.5. The molecular formula is C16H20FNS. The normalized spacial score (nSPS) is 12.6. The lowest BCUT2D eigenvalue weighted by molar-refractivity contribution is 0.588. The summed E-state index contributed by atoms with van der Waals surface area (Å²) in [5.74, 6) is -0.169. The lowest BCUT2D eigenvalue weighted by Gasteiger charge is -2.20. The number of hydrogen-bond donors (Lipinski definition) is 1. The molecule has 0 aliphatic carbocycles. The highest BCUT2D eigenvalue weighted by molar-refractivity contribution is 7.12. The van der Waals surface area contributed by atoms with Gasteiger partial charge in [0.1, 0.15) is 5.82 Å². The summed E-state index contributed by atoms with van der Waals surface area (Å²) in [5.41, 5.74) is 2.16. The highest BCUT2D eigenvalue weighted by Crippen LogP contribution is 2.30. The van der Waals surface area contributed by atoms with Crippen LogP contribution in [0.4, 0.5) is 4.39 Å². The first-order valence-corrected chi connectivity index (χ1v) is 7.49. The Balaban J connectivity index is 2.39. The minimum absolute atomic E-state index is 0.0920. The molecule has 0 amide bonds. The van der Waals surface area contributed by atoms with Gasteiger partial charge in [-0.15, -0.1) is 11.3 Å². The summed E-state index contributed by atoms with van der Waals surface area (Å²) in [6.07, 6.45) is 1.06. The van der Waals surface area contributed by atoms with Crippen LogP contribution in [0.1, 0.15) is 40.3 Å². The fraction of sp³-hybridized carbons (Fsp3) is 0.375. The van der Waals surface area contributed by atoms with Crippen LogP contribution in [0.2, 0.25) is 0 Å². The first-order chi connectivity index (χ1) is 9.11. The quantitative estimate of drug-likeness (QED) is 0.842. The van der Waals surface area contributed by atoms with E-state index in [9.17, 15) is 4.39 Å². The Morgan fingerprint density at radius 1 is 1.21 bits per heavy atom. The van der Waals surface area contributed by atoms with E-state index < -0.39 is 0 Å². The number of halogens is 1. The summed E-state index contributed by atoms with van der Waals surface area (Å²) in [6, 6.07) is 9.38. The Morgan fingerprint density at radius 2 is 2.00 bits per heavy atom. The molecule has 0 saturated heterocycles. The predicted molar refractivity (Wildman–Crippen MR) is 80.3 cm³/mol. The van der Waals surface area contributed by atoms with Crippen LogP contribution in [-0.4, -0.2) is 6.54 Å². The van der Waals surface area contributed by atoms with Crippen LogP contribution in [0.5, 0.6) is 0 Å². The maximum Gasteiger partial charge on any atom is 0.123 e. The summed E-state index contributed by atoms with van der Waals surface area (Å²) in [6.45, 7) is 7.21. The van der Waals surface area contributed by atoms with Crippen molar-refractivity contribution < 1.29 is 4.39 Å². The van der Waals surface area contributed by atoms with Gasteiger partial charge in [0.05, 0.1) is 6.04 Å². The van der Waals surface area contributed by atoms with Crippen LogP contribution in [0.25, 0.3) is 0 Å². The second-order valence-electron chi connectivity index (χ2n) is 4.84. The van der Waals surface area contributed by atoms with E-state index in [0.717, 1.165) is 24.1 Å². The van der Waals surface area contributed by atoms with E-state index in [1.165, 1.54) is 15.8 Å². The van der Waals surface area contributed by atoms with E-state index in [0.29, 0.717) is 0 Å². The van der Waals surface area contributed by atoms with E-state index in [1.54, 1.807) is 17.4 Å². The second-order valence-corrected chi connectivity index (χ2v) is 6.16. The summed E-state index contributed by atoms with van der Waals surface area (Å²) in [7, 11) is 0. The standard InChI is InChI=1S/C16H20FNS/c1-4-9-18-16(15-8-6-12(3)19-15)14-10-13(17)7-5-11(14)2/h5-8,10,16,18H,4,9H2,1-3H3. The molecule has 1 N–H and O–H groups in total. The van der Waals surface area contributed by atoms with Crippen LogP contribution in [-0.2, 0) is 0 Å². The summed E-state index contributed by atoms with van der Waals surface area (Å²) in [5, 5.41) is 3.53. The highest BCUT2D eigenvalue weighted by atomic mass is 32.1. The van der Waals surface area contributed by atoms with Crippen LogP contribution in [0, 0.1) is 19.7 Å². The number of aryl methyl sites for hydroxylation is 2. The molecule has 0 saturated carbocycles. The minimum atomic E-state index is -0.169. The number of nitrogens with one attached hydrogen (secondary N) is 1. The maximum atomic E-state index is 13.5. The molecule has 1 atom stereocenters. The zero-order chi connectivity index (χ0) is 13.8. The van der Waals surface area contributed by atoms with Crippen LogP contribution in [0.15, 0.2) is 30.3 Å². The molecule has 0 bridgehead atoms. The molecule has 2 rings (SSSR count). The van der Waals surface area contributed by atoms with Gasteiger partial charge in [-0.25, -0.2) is 4.39 Å². The molecular weight excluding hydrogens is 257 g/mol. The zero-order valence-corrected chi connectivity index (χ0v) is 12.5. The first-order valence-electron chi connectivity index (χ1n) is 6.67. The highest BCUT2D eigenvalue weighted by Gasteiger charge is 2.17. The van der Waals surface area contributed by atoms with E-state index in [1.807, 2.05) is 13.0 Å². The fourth-order valence-electron chi connectivity index (χ4n) is 2.18. The molecule has 0 spiro atoms. The third-order valence-electron chi connectivity index (χ3n) is 3.20. The van der Waals surface area contributed by atoms with Gasteiger partial charge in [-0.2, -0.15) is 0 Å². The third kappa shape index (κ3) is 3.43. The van der Waals surface area contributed by atoms with Crippen molar-refractivity contribution in [1.29, 1.82) is 0 Å². The number of thiophene rings is 1. The van der Waals surface area contributed by atoms with Crippen molar-refractivity contribution in [3.8, 4) is 0 Å². The van der Waals surface area contributed by atoms with Crippen molar-refractivity contribution in [3.05, 3.63) is 57.0 Å². The Morgan fingerprint density at radius 3 is 2.63 bits per heavy atom. The van der Waals surface area contributed by atoms with E-state index in [4.69, 9.17) is 0 Å². The SMILES string of the molecule is CCCNC(c1ccc(C)s1)c1cc(F)ccc1C. The topological polar surface area (TPSA) is 12.0 Å². The fourth-order valence-corrected chi connectivity index (χ4v) is 3.16. The summed E-state index contributed by atoms with van der Waals surface area (Å²) >= 11 is 1.77. The predicted octanol–water partition coefficient (Wildman–Crippen LogP) is 4.59. The van der Waals surface area contributed by atoms with Crippen molar-refractivity contribution in [2.45, 2.75) is 33.2 Å². The Kier molecular flexibility index (Phi) is 4.72. The lowest BCUT2D eigenvalue weighted by Crippen LogP contribution is -2.23. The van der Waals surface area contributed by atoms with Gasteiger partial charge in [-0.3, -0.25) is 0 Å². The van der Waals surface area contributed by atoms with Crippen molar-refractivity contribution in [2.24, 2.45) is 0 Å². The second kappa shape index (κ2) is 6.31. The molecule has 0 radical (unpaired) electrons. The van der Waals surface area contributed by atoms with E-state index >= 15 is 0 Å². The Hall–Kier alpha value is -1.19. The van der Waals surface area contributed by atoms with Gasteiger partial charge in [0.2, 0.25) is 0 Å². The van der Waals surface area contributed by atoms with Crippen molar-refractivity contribution in [1.82, 2.24) is 5.32 Å².